The van der Waals surface area contributed by atoms with Crippen LogP contribution in [0, 0.1) is 0 Å². The summed E-state index contributed by atoms with van der Waals surface area (Å²) >= 11 is 0. The van der Waals surface area contributed by atoms with Crippen molar-refractivity contribution in [3.63, 3.8) is 0 Å². The summed E-state index contributed by atoms with van der Waals surface area (Å²) in [5, 5.41) is 11.5. The van der Waals surface area contributed by atoms with E-state index in [9.17, 15) is 14.4 Å². The Balaban J connectivity index is 2.97. The summed E-state index contributed by atoms with van der Waals surface area (Å²) < 4.78 is 1.34. The zero-order valence-electron chi connectivity index (χ0n) is 11.7. The molecular formula is C14H20N2O4. The van der Waals surface area contributed by atoms with Crippen LogP contribution in [0.2, 0.25) is 0 Å². The highest BCUT2D eigenvalue weighted by molar-refractivity contribution is 5.85. The van der Waals surface area contributed by atoms with Crippen LogP contribution < -0.4 is 10.9 Å². The number of carbonyl (C=O) groups is 2. The molecule has 0 fully saturated rings. The van der Waals surface area contributed by atoms with E-state index in [-0.39, 0.29) is 5.56 Å². The smallest absolute Gasteiger partial charge is 0.326 e. The number of nitrogens with one attached hydrogen (secondary N) is 1. The average molecular weight is 280 g/mol. The molecule has 2 N–H and O–H groups in total. The first-order valence-electron chi connectivity index (χ1n) is 6.71. The Hall–Kier alpha value is -2.11. The van der Waals surface area contributed by atoms with E-state index in [1.54, 1.807) is 25.3 Å². The molecular weight excluding hydrogens is 260 g/mol. The Kier molecular flexibility index (Phi) is 5.96. The first-order chi connectivity index (χ1) is 9.51. The van der Waals surface area contributed by atoms with Crippen molar-refractivity contribution in [1.82, 2.24) is 9.88 Å². The van der Waals surface area contributed by atoms with Gasteiger partial charge in [-0.3, -0.25) is 9.59 Å². The van der Waals surface area contributed by atoms with Crippen LogP contribution in [-0.2, 0) is 9.59 Å². The highest BCUT2D eigenvalue weighted by Gasteiger charge is 2.25. The Morgan fingerprint density at radius 2 is 2.05 bits per heavy atom. The van der Waals surface area contributed by atoms with Crippen LogP contribution in [0.1, 0.15) is 39.2 Å². The molecule has 110 valence electrons. The first kappa shape index (κ1) is 15.9. The SMILES string of the molecule is CCCC(C(=O)NC(CC)C(=O)O)n1ccccc1=O. The minimum atomic E-state index is -1.07. The topological polar surface area (TPSA) is 88.4 Å². The van der Waals surface area contributed by atoms with Gasteiger partial charge in [-0.2, -0.15) is 0 Å². The number of hydrogen-bond acceptors (Lipinski definition) is 3. The zero-order chi connectivity index (χ0) is 15.1. The number of pyridine rings is 1. The second-order valence-corrected chi connectivity index (χ2v) is 4.56. The number of carbonyl (C=O) groups excluding carboxylic acids is 1. The van der Waals surface area contributed by atoms with Crippen molar-refractivity contribution in [3.8, 4) is 0 Å². The lowest BCUT2D eigenvalue weighted by Crippen LogP contribution is -2.45. The van der Waals surface area contributed by atoms with Gasteiger partial charge >= 0.3 is 5.97 Å². The summed E-state index contributed by atoms with van der Waals surface area (Å²) in [5.41, 5.74) is -0.274. The normalized spacial score (nSPS) is 13.5. The summed E-state index contributed by atoms with van der Waals surface area (Å²) in [5.74, 6) is -1.51. The lowest BCUT2D eigenvalue weighted by Gasteiger charge is -2.21. The van der Waals surface area contributed by atoms with Crippen LogP contribution >= 0.6 is 0 Å². The summed E-state index contributed by atoms with van der Waals surface area (Å²) in [7, 11) is 0. The Morgan fingerprint density at radius 1 is 1.35 bits per heavy atom. The number of aliphatic carboxylic acids is 1. The molecule has 0 saturated heterocycles. The van der Waals surface area contributed by atoms with Gasteiger partial charge < -0.3 is 15.0 Å². The second kappa shape index (κ2) is 7.47. The number of amides is 1. The lowest BCUT2D eigenvalue weighted by molar-refractivity contribution is -0.142. The van der Waals surface area contributed by atoms with E-state index in [1.807, 2.05) is 6.92 Å². The molecule has 0 aromatic carbocycles. The minimum absolute atomic E-state index is 0.274. The number of carboxylic acid groups (broad SMARTS) is 1. The summed E-state index contributed by atoms with van der Waals surface area (Å²) in [6, 6.07) is 3.05. The van der Waals surface area contributed by atoms with Crippen molar-refractivity contribution in [2.24, 2.45) is 0 Å². The van der Waals surface area contributed by atoms with Crippen molar-refractivity contribution in [1.29, 1.82) is 0 Å². The fraction of sp³-hybridized carbons (Fsp3) is 0.500. The summed E-state index contributed by atoms with van der Waals surface area (Å²) in [4.78, 5) is 35.0. The Labute approximate surface area is 117 Å². The van der Waals surface area contributed by atoms with Gasteiger partial charge in [0.15, 0.2) is 0 Å². The van der Waals surface area contributed by atoms with Gasteiger partial charge in [0.25, 0.3) is 5.56 Å². The van der Waals surface area contributed by atoms with Crippen molar-refractivity contribution in [2.75, 3.05) is 0 Å². The van der Waals surface area contributed by atoms with Crippen molar-refractivity contribution in [3.05, 3.63) is 34.7 Å². The monoisotopic (exact) mass is 280 g/mol. The maximum Gasteiger partial charge on any atom is 0.326 e. The van der Waals surface area contributed by atoms with Crippen LogP contribution in [0.4, 0.5) is 0 Å². The third-order valence-electron chi connectivity index (χ3n) is 3.07. The predicted octanol–water partition coefficient (Wildman–Crippen LogP) is 1.17. The average Bonchev–Trinajstić information content (AvgIpc) is 2.42. The van der Waals surface area contributed by atoms with Gasteiger partial charge in [-0.1, -0.05) is 26.3 Å². The molecule has 1 aromatic rings. The highest BCUT2D eigenvalue weighted by atomic mass is 16.4. The molecule has 0 aliphatic heterocycles. The van der Waals surface area contributed by atoms with Crippen LogP contribution in [-0.4, -0.2) is 27.6 Å². The van der Waals surface area contributed by atoms with E-state index >= 15 is 0 Å². The second-order valence-electron chi connectivity index (χ2n) is 4.56. The van der Waals surface area contributed by atoms with Crippen molar-refractivity contribution < 1.29 is 14.7 Å². The molecule has 6 nitrogen and oxygen atoms in total. The quantitative estimate of drug-likeness (QED) is 0.784. The molecule has 0 bridgehead atoms. The van der Waals surface area contributed by atoms with E-state index in [1.165, 1.54) is 10.6 Å². The fourth-order valence-corrected chi connectivity index (χ4v) is 1.97. The molecule has 1 rings (SSSR count). The molecule has 1 heterocycles. The van der Waals surface area contributed by atoms with Gasteiger partial charge in [0.05, 0.1) is 0 Å². The molecule has 0 aliphatic carbocycles. The molecule has 1 amide bonds. The van der Waals surface area contributed by atoms with E-state index in [4.69, 9.17) is 5.11 Å². The number of hydrogen-bond donors (Lipinski definition) is 2. The molecule has 2 atom stereocenters. The fourth-order valence-electron chi connectivity index (χ4n) is 1.97. The zero-order valence-corrected chi connectivity index (χ0v) is 11.7. The van der Waals surface area contributed by atoms with Gasteiger partial charge in [-0.15, -0.1) is 0 Å². The van der Waals surface area contributed by atoms with E-state index < -0.39 is 24.0 Å². The first-order valence-corrected chi connectivity index (χ1v) is 6.71. The summed E-state index contributed by atoms with van der Waals surface area (Å²) in [6.45, 7) is 3.59. The molecule has 0 radical (unpaired) electrons. The maximum atomic E-state index is 12.2. The molecule has 0 aliphatic rings. The largest absolute Gasteiger partial charge is 0.480 e. The predicted molar refractivity (Wildman–Crippen MR) is 74.5 cm³/mol. The van der Waals surface area contributed by atoms with Gasteiger partial charge in [-0.05, 0) is 18.9 Å². The van der Waals surface area contributed by atoms with Gasteiger partial charge in [-0.25, -0.2) is 4.79 Å². The van der Waals surface area contributed by atoms with Gasteiger partial charge in [0.2, 0.25) is 5.91 Å². The van der Waals surface area contributed by atoms with Gasteiger partial charge in [0.1, 0.15) is 12.1 Å². The Bertz CT molecular complexity index is 524. The van der Waals surface area contributed by atoms with Crippen LogP contribution in [0.15, 0.2) is 29.2 Å². The molecule has 1 aromatic heterocycles. The van der Waals surface area contributed by atoms with Crippen LogP contribution in [0.25, 0.3) is 0 Å². The Morgan fingerprint density at radius 3 is 2.55 bits per heavy atom. The van der Waals surface area contributed by atoms with Crippen molar-refractivity contribution in [2.45, 2.75) is 45.2 Å². The van der Waals surface area contributed by atoms with Crippen LogP contribution in [0.3, 0.4) is 0 Å². The van der Waals surface area contributed by atoms with E-state index in [0.717, 1.165) is 0 Å². The third kappa shape index (κ3) is 3.94. The van der Waals surface area contributed by atoms with E-state index in [2.05, 4.69) is 5.32 Å². The lowest BCUT2D eigenvalue weighted by atomic mass is 10.1. The molecule has 20 heavy (non-hydrogen) atoms. The van der Waals surface area contributed by atoms with Gasteiger partial charge in [0, 0.05) is 12.3 Å². The molecule has 0 saturated carbocycles. The maximum absolute atomic E-state index is 12.2. The minimum Gasteiger partial charge on any atom is -0.480 e. The number of nitrogens with zero attached hydrogens (tertiary/aromatic N) is 1. The molecule has 0 spiro atoms. The number of carboxylic acids is 1. The van der Waals surface area contributed by atoms with Crippen molar-refractivity contribution >= 4 is 11.9 Å². The molecule has 6 heteroatoms. The van der Waals surface area contributed by atoms with E-state index in [0.29, 0.717) is 19.3 Å². The number of aromatic nitrogens is 1. The number of rotatable bonds is 7. The highest BCUT2D eigenvalue weighted by Crippen LogP contribution is 2.12. The standard InChI is InChI=1S/C14H20N2O4/c1-3-7-11(16-9-6-5-8-12(16)17)13(18)15-10(4-2)14(19)20/h5-6,8-11H,3-4,7H2,1-2H3,(H,15,18)(H,19,20). The summed E-state index contributed by atoms with van der Waals surface area (Å²) in [6.07, 6.45) is 3.03. The molecule has 2 unspecified atom stereocenters. The third-order valence-corrected chi connectivity index (χ3v) is 3.07. The van der Waals surface area contributed by atoms with Crippen LogP contribution in [0.5, 0.6) is 0 Å².